The molecular weight excluding hydrogens is 897 g/mol. The second kappa shape index (κ2) is 15.9. The standard InChI is InChI=1S/C67H42N2O2S/c1-4-19-44(20-5-1)68(47-36-38-60-54(40-47)65-59(31-18-33-62(65)70-60)69(45-21-6-2-7-22-45)46-23-8-3-9-24-46)48-41-53(43-35-37-52-51-27-12-17-34-63(51)72-64(52)39-43)66-58(42-48)67(57-30-15-16-32-61(57)71-66)55-28-13-10-25-49(55)50-26-11-14-29-56(50)67/h1-42H. The summed E-state index contributed by atoms with van der Waals surface area (Å²) in [5.41, 5.74) is 16.5. The van der Waals surface area contributed by atoms with E-state index in [-0.39, 0.29) is 0 Å². The number of hydrogen-bond acceptors (Lipinski definition) is 5. The van der Waals surface area contributed by atoms with Gasteiger partial charge < -0.3 is 19.0 Å². The third kappa shape index (κ3) is 5.98. The predicted octanol–water partition coefficient (Wildman–Crippen LogP) is 19.0. The number of benzene rings is 11. The highest BCUT2D eigenvalue weighted by molar-refractivity contribution is 7.25. The number of nitrogens with zero attached hydrogens (tertiary/aromatic N) is 2. The van der Waals surface area contributed by atoms with Crippen molar-refractivity contribution in [2.45, 2.75) is 5.41 Å². The molecule has 1 spiro atoms. The Kier molecular flexibility index (Phi) is 9.01. The monoisotopic (exact) mass is 938 g/mol. The van der Waals surface area contributed by atoms with Crippen LogP contribution in [0.2, 0.25) is 0 Å². The van der Waals surface area contributed by atoms with Gasteiger partial charge in [0, 0.05) is 70.7 Å². The smallest absolute Gasteiger partial charge is 0.140 e. The van der Waals surface area contributed by atoms with Gasteiger partial charge in [0.2, 0.25) is 0 Å². The lowest BCUT2D eigenvalue weighted by molar-refractivity contribution is 0.438. The zero-order valence-electron chi connectivity index (χ0n) is 38.9. The van der Waals surface area contributed by atoms with E-state index in [4.69, 9.17) is 9.15 Å². The molecule has 0 saturated heterocycles. The predicted molar refractivity (Wildman–Crippen MR) is 299 cm³/mol. The third-order valence-corrected chi connectivity index (χ3v) is 16.0. The highest BCUT2D eigenvalue weighted by atomic mass is 32.1. The number of thiophene rings is 1. The molecule has 0 amide bonds. The summed E-state index contributed by atoms with van der Waals surface area (Å²) < 4.78 is 16.7. The molecule has 0 unspecified atom stereocenters. The average molecular weight is 939 g/mol. The van der Waals surface area contributed by atoms with Crippen LogP contribution in [0.4, 0.5) is 34.1 Å². The van der Waals surface area contributed by atoms with Crippen LogP contribution < -0.4 is 14.5 Å². The highest BCUT2D eigenvalue weighted by Crippen LogP contribution is 2.64. The van der Waals surface area contributed by atoms with Crippen LogP contribution in [0.3, 0.4) is 0 Å². The normalized spacial score (nSPS) is 12.9. The molecule has 0 radical (unpaired) electrons. The summed E-state index contributed by atoms with van der Waals surface area (Å²) in [5, 5.41) is 4.60. The third-order valence-electron chi connectivity index (χ3n) is 14.9. The van der Waals surface area contributed by atoms with E-state index < -0.39 is 5.41 Å². The molecular formula is C67H42N2O2S. The van der Waals surface area contributed by atoms with E-state index in [1.807, 2.05) is 11.3 Å². The Labute approximate surface area is 420 Å². The van der Waals surface area contributed by atoms with Crippen molar-refractivity contribution < 1.29 is 9.15 Å². The summed E-state index contributed by atoms with van der Waals surface area (Å²) in [6.45, 7) is 0. The highest BCUT2D eigenvalue weighted by Gasteiger charge is 2.52. The van der Waals surface area contributed by atoms with Crippen LogP contribution in [0.15, 0.2) is 259 Å². The Morgan fingerprint density at radius 3 is 1.68 bits per heavy atom. The first-order chi connectivity index (χ1) is 35.7. The second-order valence-corrected chi connectivity index (χ2v) is 19.8. The van der Waals surface area contributed by atoms with Gasteiger partial charge in [-0.3, -0.25) is 0 Å². The number of anilines is 6. The minimum atomic E-state index is -0.690. The fourth-order valence-electron chi connectivity index (χ4n) is 11.9. The fraction of sp³-hybridized carbons (Fsp3) is 0.0149. The maximum atomic E-state index is 7.37. The van der Waals surface area contributed by atoms with E-state index in [2.05, 4.69) is 265 Å². The molecule has 2 aliphatic rings. The second-order valence-electron chi connectivity index (χ2n) is 18.7. The molecule has 4 nitrogen and oxygen atoms in total. The molecule has 0 saturated carbocycles. The first kappa shape index (κ1) is 40.7. The molecule has 0 N–H and O–H groups in total. The lowest BCUT2D eigenvalue weighted by Crippen LogP contribution is -2.32. The quantitative estimate of drug-likeness (QED) is 0.159. The van der Waals surface area contributed by atoms with Crippen LogP contribution in [-0.2, 0) is 5.41 Å². The molecule has 3 heterocycles. The van der Waals surface area contributed by atoms with Crippen molar-refractivity contribution in [3.05, 3.63) is 277 Å². The molecule has 11 aromatic carbocycles. The van der Waals surface area contributed by atoms with E-state index in [0.29, 0.717) is 0 Å². The van der Waals surface area contributed by atoms with Gasteiger partial charge in [-0.15, -0.1) is 11.3 Å². The van der Waals surface area contributed by atoms with Crippen LogP contribution in [0.25, 0.3) is 64.4 Å². The van der Waals surface area contributed by atoms with Gasteiger partial charge in [0.1, 0.15) is 22.7 Å². The summed E-state index contributed by atoms with van der Waals surface area (Å²) >= 11 is 1.84. The van der Waals surface area contributed by atoms with Crippen LogP contribution >= 0.6 is 11.3 Å². The molecule has 0 atom stereocenters. The number of fused-ring (bicyclic) bond motifs is 15. The number of ether oxygens (including phenoxy) is 1. The molecule has 338 valence electrons. The van der Waals surface area contributed by atoms with Crippen LogP contribution in [0.5, 0.6) is 11.5 Å². The Bertz CT molecular complexity index is 4190. The Balaban J connectivity index is 1.02. The van der Waals surface area contributed by atoms with Gasteiger partial charge in [0.25, 0.3) is 0 Å². The van der Waals surface area contributed by atoms with E-state index >= 15 is 0 Å². The molecule has 0 fully saturated rings. The minimum Gasteiger partial charge on any atom is -0.456 e. The largest absolute Gasteiger partial charge is 0.456 e. The van der Waals surface area contributed by atoms with Crippen LogP contribution in [-0.4, -0.2) is 0 Å². The number of rotatable bonds is 7. The molecule has 13 aromatic rings. The first-order valence-corrected chi connectivity index (χ1v) is 25.3. The van der Waals surface area contributed by atoms with Gasteiger partial charge in [-0.2, -0.15) is 0 Å². The summed E-state index contributed by atoms with van der Waals surface area (Å²) in [5.74, 6) is 1.72. The van der Waals surface area contributed by atoms with Gasteiger partial charge in [0.15, 0.2) is 0 Å². The average Bonchev–Trinajstić information content (AvgIpc) is 4.11. The van der Waals surface area contributed by atoms with Crippen molar-refractivity contribution in [2.24, 2.45) is 0 Å². The van der Waals surface area contributed by atoms with E-state index in [0.717, 1.165) is 89.8 Å². The fourth-order valence-corrected chi connectivity index (χ4v) is 13.0. The Morgan fingerprint density at radius 2 is 0.958 bits per heavy atom. The molecule has 1 aliphatic carbocycles. The van der Waals surface area contributed by atoms with Gasteiger partial charge in [-0.05, 0) is 125 Å². The van der Waals surface area contributed by atoms with Crippen LogP contribution in [0.1, 0.15) is 22.3 Å². The summed E-state index contributed by atoms with van der Waals surface area (Å²) in [6, 6.07) is 92.0. The SMILES string of the molecule is c1ccc(N(c2cc(-c3ccc4c(c3)sc3ccccc34)c3c(c2)C2(c4ccccc4O3)c3ccccc3-c3ccccc32)c2ccc3oc4cccc(N(c5ccccc5)c5ccccc5)c4c3c2)cc1. The molecule has 15 rings (SSSR count). The lowest BCUT2D eigenvalue weighted by atomic mass is 9.65. The van der Waals surface area contributed by atoms with Gasteiger partial charge >= 0.3 is 0 Å². The van der Waals surface area contributed by atoms with Crippen molar-refractivity contribution in [2.75, 3.05) is 9.80 Å². The van der Waals surface area contributed by atoms with Crippen molar-refractivity contribution >= 4 is 87.6 Å². The minimum absolute atomic E-state index is 0.690. The number of hydrogen-bond donors (Lipinski definition) is 0. The van der Waals surface area contributed by atoms with Crippen molar-refractivity contribution in [3.8, 4) is 33.8 Å². The van der Waals surface area contributed by atoms with Crippen molar-refractivity contribution in [1.82, 2.24) is 0 Å². The first-order valence-electron chi connectivity index (χ1n) is 24.5. The van der Waals surface area contributed by atoms with E-state index in [1.165, 1.54) is 42.4 Å². The maximum Gasteiger partial charge on any atom is 0.140 e. The lowest BCUT2D eigenvalue weighted by Gasteiger charge is -2.41. The number of furan rings is 1. The number of para-hydroxylation sites is 4. The summed E-state index contributed by atoms with van der Waals surface area (Å²) in [7, 11) is 0. The zero-order valence-corrected chi connectivity index (χ0v) is 39.7. The van der Waals surface area contributed by atoms with Crippen molar-refractivity contribution in [3.63, 3.8) is 0 Å². The van der Waals surface area contributed by atoms with E-state index in [1.54, 1.807) is 0 Å². The maximum absolute atomic E-state index is 7.37. The zero-order chi connectivity index (χ0) is 47.3. The molecule has 1 aliphatic heterocycles. The van der Waals surface area contributed by atoms with Gasteiger partial charge in [0.05, 0.1) is 16.5 Å². The summed E-state index contributed by atoms with van der Waals surface area (Å²) in [4.78, 5) is 4.74. The molecule has 5 heteroatoms. The molecule has 72 heavy (non-hydrogen) atoms. The van der Waals surface area contributed by atoms with Gasteiger partial charge in [-0.25, -0.2) is 0 Å². The van der Waals surface area contributed by atoms with E-state index in [9.17, 15) is 0 Å². The van der Waals surface area contributed by atoms with Crippen molar-refractivity contribution in [1.29, 1.82) is 0 Å². The molecule has 0 bridgehead atoms. The summed E-state index contributed by atoms with van der Waals surface area (Å²) in [6.07, 6.45) is 0. The van der Waals surface area contributed by atoms with Crippen LogP contribution in [0, 0.1) is 0 Å². The Hall–Kier alpha value is -9.16. The topological polar surface area (TPSA) is 28.9 Å². The van der Waals surface area contributed by atoms with Gasteiger partial charge in [-0.1, -0.05) is 158 Å². The Morgan fingerprint density at radius 1 is 0.347 bits per heavy atom. The molecule has 2 aromatic heterocycles.